The lowest BCUT2D eigenvalue weighted by molar-refractivity contribution is -0.461. The molecule has 0 aliphatic carbocycles. The van der Waals surface area contributed by atoms with E-state index in [9.17, 15) is 249 Å². The molecule has 0 heterocycles. The fourth-order valence-electron chi connectivity index (χ4n) is 5.34. The van der Waals surface area contributed by atoms with E-state index in [1.165, 1.54) is 12.1 Å². The summed E-state index contributed by atoms with van der Waals surface area (Å²) in [5.74, 6) is -181. The molecule has 0 aliphatic rings. The van der Waals surface area contributed by atoms with Crippen molar-refractivity contribution in [2.45, 2.75) is 162 Å². The van der Waals surface area contributed by atoms with Crippen LogP contribution >= 0.6 is 0 Å². The van der Waals surface area contributed by atoms with Crippen molar-refractivity contribution in [3.63, 3.8) is 0 Å². The minimum absolute atomic E-state index is 0.0645. The Morgan fingerprint density at radius 3 is 0.471 bits per heavy atom. The molecule has 0 spiro atoms. The molecule has 0 fully saturated rings. The first-order valence-electron chi connectivity index (χ1n) is 22.3. The van der Waals surface area contributed by atoms with Gasteiger partial charge in [0.1, 0.15) is 5.75 Å². The van der Waals surface area contributed by atoms with E-state index >= 15 is 0 Å². The zero-order valence-electron chi connectivity index (χ0n) is 45.1. The summed E-state index contributed by atoms with van der Waals surface area (Å²) in [5, 5.41) is 26.0. The van der Waals surface area contributed by atoms with E-state index in [1.807, 2.05) is 0 Å². The Morgan fingerprint density at radius 2 is 0.353 bits per heavy atom. The Labute approximate surface area is 523 Å². The lowest BCUT2D eigenvalue weighted by atomic mass is 9.88. The zero-order chi connectivity index (χ0) is 84.6. The second-order valence-corrected chi connectivity index (χ2v) is 23.4. The summed E-state index contributed by atoms with van der Waals surface area (Å²) in [6, 6.07) is 3.56. The third-order valence-corrected chi connectivity index (χ3v) is 13.5. The van der Waals surface area contributed by atoms with Crippen LogP contribution in [0.15, 0.2) is 18.2 Å². The molecular formula is C36H21F51O12S3. The maximum atomic E-state index is 13.3. The van der Waals surface area contributed by atoms with Crippen LogP contribution in [0.3, 0.4) is 0 Å². The Morgan fingerprint density at radius 1 is 0.216 bits per heavy atom. The first kappa shape index (κ1) is 101. The van der Waals surface area contributed by atoms with E-state index in [-0.39, 0.29) is 17.2 Å². The van der Waals surface area contributed by atoms with Gasteiger partial charge in [-0.25, -0.2) is 0 Å². The van der Waals surface area contributed by atoms with Crippen LogP contribution < -0.4 is 0 Å². The molecule has 102 heavy (non-hydrogen) atoms. The highest BCUT2D eigenvalue weighted by molar-refractivity contribution is 7.86. The Balaban J connectivity index is -0.00000135. The van der Waals surface area contributed by atoms with Gasteiger partial charge in [0.25, 0.3) is 30.4 Å². The van der Waals surface area contributed by atoms with E-state index in [0.29, 0.717) is 0 Å². The molecule has 66 heteroatoms. The fourth-order valence-corrected chi connectivity index (χ4v) is 6.89. The molecule has 0 atom stereocenters. The monoisotopic (exact) mass is 1710 g/mol. The van der Waals surface area contributed by atoms with Crippen LogP contribution in [0.4, 0.5) is 224 Å². The number of rotatable bonds is 27. The van der Waals surface area contributed by atoms with E-state index in [0.717, 1.165) is 6.07 Å². The summed E-state index contributed by atoms with van der Waals surface area (Å²) in [5.41, 5.74) is 0. The van der Waals surface area contributed by atoms with E-state index < -0.39 is 210 Å². The average molecular weight is 1710 g/mol. The molecule has 0 amide bonds. The van der Waals surface area contributed by atoms with Gasteiger partial charge in [-0.15, -0.1) is 0 Å². The van der Waals surface area contributed by atoms with E-state index in [2.05, 4.69) is 0 Å². The van der Waals surface area contributed by atoms with Gasteiger partial charge in [0.2, 0.25) is 0 Å². The third kappa shape index (κ3) is 17.6. The second kappa shape index (κ2) is 28.2. The standard InChI is InChI=1S/3C10H5F17O3S.C6H6O3/c3*11-3(12,1-2-31(28,29)30)4(13,14)5(15,16)6(17,18)7(19,20)8(21,22)9(23,24)10(25,26)27;7-4-1-2-5(8)6(9)3-4/h3*1-2H2,(H,28,29,30);1-3,7-9H. The SMILES string of the molecule is O=S(=O)(O)CCC(F)(F)C(F)(F)C(F)(F)C(F)(F)C(F)(F)C(F)(F)C(F)(F)C(F)(F)F.O=S(=O)(O)CCC(F)(F)C(F)(F)C(F)(F)C(F)(F)C(F)(F)C(F)(F)C(F)(F)C(F)(F)F.O=S(=O)(O)CCC(F)(F)C(F)(F)C(F)(F)C(F)(F)C(F)(F)C(F)(F)C(F)(F)C(F)(F)F.Oc1ccc(O)c(O)c1. The van der Waals surface area contributed by atoms with Crippen molar-refractivity contribution in [2.24, 2.45) is 0 Å². The van der Waals surface area contributed by atoms with Gasteiger partial charge in [-0.3, -0.25) is 13.7 Å². The largest absolute Gasteiger partial charge is 0.508 e. The molecule has 0 aliphatic heterocycles. The summed E-state index contributed by atoms with van der Waals surface area (Å²) in [6.07, 6.45) is -33.2. The van der Waals surface area contributed by atoms with Gasteiger partial charge in [-0.2, -0.15) is 249 Å². The number of hydrogen-bond donors (Lipinski definition) is 6. The van der Waals surface area contributed by atoms with Crippen molar-refractivity contribution in [3.05, 3.63) is 18.2 Å². The number of phenols is 3. The van der Waals surface area contributed by atoms with Gasteiger partial charge in [0, 0.05) is 25.3 Å². The molecular weight excluding hydrogens is 1690 g/mol. The first-order valence-corrected chi connectivity index (χ1v) is 27.1. The number of benzene rings is 1. The highest BCUT2D eigenvalue weighted by atomic mass is 32.2. The van der Waals surface area contributed by atoms with Gasteiger partial charge in [-0.1, -0.05) is 0 Å². The summed E-state index contributed by atoms with van der Waals surface area (Å²) < 4.78 is 741. The normalized spacial score (nSPS) is 15.9. The van der Waals surface area contributed by atoms with Gasteiger partial charge < -0.3 is 15.3 Å². The van der Waals surface area contributed by atoms with Crippen molar-refractivity contribution >= 4 is 30.4 Å². The molecule has 0 saturated carbocycles. The van der Waals surface area contributed by atoms with Gasteiger partial charge in [-0.05, 0) is 12.1 Å². The molecule has 1 aromatic carbocycles. The minimum atomic E-state index is -8.74. The van der Waals surface area contributed by atoms with Gasteiger partial charge >= 0.3 is 143 Å². The Kier molecular flexibility index (Phi) is 27.9. The molecule has 0 unspecified atom stereocenters. The molecule has 0 bridgehead atoms. The molecule has 0 aromatic heterocycles. The molecule has 1 rings (SSSR count). The Hall–Kier alpha value is -5.22. The van der Waals surface area contributed by atoms with Crippen LogP contribution in [0.2, 0.25) is 0 Å². The van der Waals surface area contributed by atoms with Crippen molar-refractivity contribution in [2.75, 3.05) is 17.3 Å². The van der Waals surface area contributed by atoms with Crippen LogP contribution in [-0.2, 0) is 30.4 Å². The molecule has 6 N–H and O–H groups in total. The lowest BCUT2D eigenvalue weighted by Crippen LogP contribution is -2.74. The first-order chi connectivity index (χ1) is 43.1. The average Bonchev–Trinajstić information content (AvgIpc) is 0.707. The summed E-state index contributed by atoms with van der Waals surface area (Å²) in [7, 11) is -17.2. The number of hydrogen-bond acceptors (Lipinski definition) is 9. The van der Waals surface area contributed by atoms with Gasteiger partial charge in [0.15, 0.2) is 11.5 Å². The van der Waals surface area contributed by atoms with Crippen LogP contribution in [0.25, 0.3) is 0 Å². The maximum Gasteiger partial charge on any atom is 0.460 e. The number of aromatic hydroxyl groups is 3. The quantitative estimate of drug-likeness (QED) is 0.0209. The number of halogens is 51. The molecule has 12 nitrogen and oxygen atoms in total. The second-order valence-electron chi connectivity index (χ2n) is 18.7. The predicted octanol–water partition coefficient (Wildman–Crippen LogP) is 16.6. The van der Waals surface area contributed by atoms with E-state index in [4.69, 9.17) is 29.0 Å². The Bertz CT molecular complexity index is 3060. The van der Waals surface area contributed by atoms with Crippen LogP contribution in [0.1, 0.15) is 19.3 Å². The zero-order valence-corrected chi connectivity index (χ0v) is 47.6. The highest BCUT2D eigenvalue weighted by Crippen LogP contribution is 2.68. The molecule has 0 saturated heterocycles. The summed E-state index contributed by atoms with van der Waals surface area (Å²) >= 11 is 0. The van der Waals surface area contributed by atoms with Crippen molar-refractivity contribution in [1.82, 2.24) is 0 Å². The highest BCUT2D eigenvalue weighted by Gasteiger charge is 2.98. The predicted molar refractivity (Wildman–Crippen MR) is 217 cm³/mol. The lowest BCUT2D eigenvalue weighted by Gasteiger charge is -2.42. The van der Waals surface area contributed by atoms with E-state index in [1.54, 1.807) is 0 Å². The molecule has 1 aromatic rings. The van der Waals surface area contributed by atoms with Crippen molar-refractivity contribution < 1.29 is 278 Å². The molecule has 0 radical (unpaired) electrons. The van der Waals surface area contributed by atoms with Gasteiger partial charge in [0.05, 0.1) is 17.3 Å². The van der Waals surface area contributed by atoms with Crippen molar-refractivity contribution in [1.29, 1.82) is 0 Å². The smallest absolute Gasteiger partial charge is 0.460 e. The minimum Gasteiger partial charge on any atom is -0.508 e. The van der Waals surface area contributed by atoms with Crippen molar-refractivity contribution in [3.8, 4) is 17.2 Å². The van der Waals surface area contributed by atoms with Crippen LogP contribution in [0.5, 0.6) is 17.2 Å². The summed E-state index contributed by atoms with van der Waals surface area (Å²) in [6.45, 7) is 0. The van der Waals surface area contributed by atoms with Crippen LogP contribution in [-0.4, -0.2) is 214 Å². The topological polar surface area (TPSA) is 224 Å². The fraction of sp³-hybridized carbons (Fsp3) is 0.833. The molecule has 612 valence electrons. The summed E-state index contributed by atoms with van der Waals surface area (Å²) in [4.78, 5) is 0. The third-order valence-electron chi connectivity index (χ3n) is 11.3. The maximum absolute atomic E-state index is 13.3. The number of alkyl halides is 51. The number of phenolic OH excluding ortho intramolecular Hbond substituents is 3. The van der Waals surface area contributed by atoms with Crippen LogP contribution in [0, 0.1) is 0 Å².